The van der Waals surface area contributed by atoms with Gasteiger partial charge in [-0.05, 0) is 52.4 Å². The first-order valence-electron chi connectivity index (χ1n) is 11.3. The normalized spacial score (nSPS) is 19.6. The van der Waals surface area contributed by atoms with Gasteiger partial charge in [0.15, 0.2) is 17.3 Å². The van der Waals surface area contributed by atoms with Gasteiger partial charge in [-0.1, -0.05) is 26.5 Å². The molecule has 1 aromatic rings. The maximum absolute atomic E-state index is 13.6. The molecule has 0 bridgehead atoms. The van der Waals surface area contributed by atoms with Gasteiger partial charge in [0, 0.05) is 31.3 Å². The van der Waals surface area contributed by atoms with Gasteiger partial charge in [0.1, 0.15) is 12.4 Å². The van der Waals surface area contributed by atoms with Gasteiger partial charge < -0.3 is 24.8 Å². The molecule has 1 aromatic carbocycles. The molecular formula is C26H32BrN3O4. The highest BCUT2D eigenvalue weighted by Crippen LogP contribution is 2.50. The number of carbonyl (C=O) groups is 1. The molecule has 182 valence electrons. The summed E-state index contributed by atoms with van der Waals surface area (Å²) in [5.74, 6) is 0.863. The number of ketones is 1. The molecule has 34 heavy (non-hydrogen) atoms. The van der Waals surface area contributed by atoms with Crippen molar-refractivity contribution in [2.45, 2.75) is 39.5 Å². The molecule has 7 nitrogen and oxygen atoms in total. The first-order valence-corrected chi connectivity index (χ1v) is 12.1. The Morgan fingerprint density at radius 1 is 1.35 bits per heavy atom. The fourth-order valence-electron chi connectivity index (χ4n) is 4.65. The quantitative estimate of drug-likeness (QED) is 0.459. The Labute approximate surface area is 210 Å². The molecule has 0 amide bonds. The number of nitrogens with zero attached hydrogens (tertiary/aromatic N) is 2. The Kier molecular flexibility index (Phi) is 8.11. The molecule has 1 aliphatic carbocycles. The molecule has 1 aliphatic heterocycles. The van der Waals surface area contributed by atoms with Crippen molar-refractivity contribution in [3.8, 4) is 17.6 Å². The fourth-order valence-corrected chi connectivity index (χ4v) is 5.22. The zero-order valence-corrected chi connectivity index (χ0v) is 21.8. The molecule has 2 N–H and O–H groups in total. The average Bonchev–Trinajstić information content (AvgIpc) is 2.76. The summed E-state index contributed by atoms with van der Waals surface area (Å²) in [4.78, 5) is 15.4. The van der Waals surface area contributed by atoms with E-state index in [2.05, 4.69) is 42.4 Å². The summed E-state index contributed by atoms with van der Waals surface area (Å²) in [6.07, 6.45) is 2.73. The van der Waals surface area contributed by atoms with Crippen molar-refractivity contribution in [3.05, 3.63) is 57.5 Å². The topological polar surface area (TPSA) is 97.8 Å². The molecule has 8 heteroatoms. The van der Waals surface area contributed by atoms with Crippen LogP contribution in [0.1, 0.15) is 45.1 Å². The molecule has 0 spiro atoms. The number of ether oxygens (including phenoxy) is 3. The molecule has 1 heterocycles. The number of benzene rings is 1. The van der Waals surface area contributed by atoms with E-state index in [1.165, 1.54) is 0 Å². The number of methoxy groups -OCH3 is 1. The van der Waals surface area contributed by atoms with Crippen molar-refractivity contribution in [1.82, 2.24) is 4.90 Å². The zero-order chi connectivity index (χ0) is 25.0. The van der Waals surface area contributed by atoms with Crippen LogP contribution >= 0.6 is 15.9 Å². The summed E-state index contributed by atoms with van der Waals surface area (Å²) in [7, 11) is 1.62. The maximum atomic E-state index is 13.6. The van der Waals surface area contributed by atoms with Crippen molar-refractivity contribution in [1.29, 1.82) is 5.26 Å². The van der Waals surface area contributed by atoms with E-state index >= 15 is 0 Å². The van der Waals surface area contributed by atoms with Crippen molar-refractivity contribution in [2.75, 3.05) is 33.5 Å². The molecule has 1 atom stereocenters. The highest BCUT2D eigenvalue weighted by Gasteiger charge is 2.44. The number of allylic oxidation sites excluding steroid dienone is 3. The predicted octanol–water partition coefficient (Wildman–Crippen LogP) is 4.80. The second-order valence-electron chi connectivity index (χ2n) is 9.15. The lowest BCUT2D eigenvalue weighted by molar-refractivity contribution is -0.118. The Bertz CT molecular complexity index is 1080. The van der Waals surface area contributed by atoms with Crippen LogP contribution in [-0.2, 0) is 9.53 Å². The number of rotatable bonds is 9. The molecule has 3 rings (SSSR count). The molecule has 0 aromatic heterocycles. The largest absolute Gasteiger partial charge is 0.490 e. The standard InChI is InChI=1S/C26H32BrN3O4/c1-6-9-34-24-18(27)11-16(12-21(24)33-7-2)22-17(15-28)25(29)30(8-10-32-5)19-13-26(3,4)14-20(31)23(19)22/h6,11-12,22H,1,7-10,13-14,29H2,2-5H3/t22-/m1/s1. The molecule has 2 aliphatic rings. The highest BCUT2D eigenvalue weighted by molar-refractivity contribution is 9.10. The van der Waals surface area contributed by atoms with Gasteiger partial charge >= 0.3 is 0 Å². The SMILES string of the molecule is C=CCOc1c(Br)cc([C@@H]2C(C#N)=C(N)N(CCOC)C3=C2C(=O)CC(C)(C)C3)cc1OCC. The van der Waals surface area contributed by atoms with Crippen LogP contribution in [0, 0.1) is 16.7 Å². The summed E-state index contributed by atoms with van der Waals surface area (Å²) >= 11 is 3.59. The van der Waals surface area contributed by atoms with Gasteiger partial charge in [0.25, 0.3) is 0 Å². The lowest BCUT2D eigenvalue weighted by atomic mass is 9.68. The van der Waals surface area contributed by atoms with Gasteiger partial charge in [-0.2, -0.15) is 5.26 Å². The number of nitrogens with two attached hydrogens (primary N) is 1. The van der Waals surface area contributed by atoms with Crippen LogP contribution in [0.2, 0.25) is 0 Å². The highest BCUT2D eigenvalue weighted by atomic mass is 79.9. The van der Waals surface area contributed by atoms with Crippen LogP contribution in [0.4, 0.5) is 0 Å². The molecule has 0 saturated carbocycles. The number of nitriles is 1. The van der Waals surface area contributed by atoms with E-state index in [1.807, 2.05) is 24.0 Å². The minimum Gasteiger partial charge on any atom is -0.490 e. The third-order valence-corrected chi connectivity index (χ3v) is 6.61. The minimum absolute atomic E-state index is 0.0278. The van der Waals surface area contributed by atoms with E-state index in [4.69, 9.17) is 19.9 Å². The lowest BCUT2D eigenvalue weighted by Crippen LogP contribution is -2.43. The number of halogens is 1. The van der Waals surface area contributed by atoms with Crippen LogP contribution in [-0.4, -0.2) is 44.2 Å². The molecular weight excluding hydrogens is 498 g/mol. The number of hydrogen-bond donors (Lipinski definition) is 1. The van der Waals surface area contributed by atoms with Crippen molar-refractivity contribution in [2.24, 2.45) is 11.1 Å². The number of hydrogen-bond acceptors (Lipinski definition) is 7. The summed E-state index contributed by atoms with van der Waals surface area (Å²) in [5.41, 5.74) is 8.93. The maximum Gasteiger partial charge on any atom is 0.175 e. The second-order valence-corrected chi connectivity index (χ2v) is 10.0. The van der Waals surface area contributed by atoms with Crippen LogP contribution < -0.4 is 15.2 Å². The summed E-state index contributed by atoms with van der Waals surface area (Å²) in [6.45, 7) is 11.4. The van der Waals surface area contributed by atoms with E-state index < -0.39 is 5.92 Å². The second kappa shape index (κ2) is 10.7. The van der Waals surface area contributed by atoms with E-state index in [-0.39, 0.29) is 11.2 Å². The first kappa shape index (κ1) is 25.9. The Hall–Kier alpha value is -2.76. The third kappa shape index (κ3) is 5.01. The molecule has 0 fully saturated rings. The molecule has 0 radical (unpaired) electrons. The van der Waals surface area contributed by atoms with Crippen LogP contribution in [0.15, 0.2) is 51.9 Å². The van der Waals surface area contributed by atoms with E-state index in [9.17, 15) is 10.1 Å². The van der Waals surface area contributed by atoms with E-state index in [0.717, 1.165) is 11.3 Å². The fraction of sp³-hybridized carbons (Fsp3) is 0.462. The Morgan fingerprint density at radius 2 is 2.09 bits per heavy atom. The van der Waals surface area contributed by atoms with Gasteiger partial charge in [-0.25, -0.2) is 0 Å². The van der Waals surface area contributed by atoms with Crippen LogP contribution in [0.5, 0.6) is 11.5 Å². The minimum atomic E-state index is -0.591. The van der Waals surface area contributed by atoms with Gasteiger partial charge in [-0.3, -0.25) is 4.79 Å². The van der Waals surface area contributed by atoms with Crippen molar-refractivity contribution >= 4 is 21.7 Å². The van der Waals surface area contributed by atoms with Crippen LogP contribution in [0.3, 0.4) is 0 Å². The number of carbonyl (C=O) groups excluding carboxylic acids is 1. The number of Topliss-reactive ketones (excluding diaryl/α,β-unsaturated/α-hetero) is 1. The van der Waals surface area contributed by atoms with Crippen LogP contribution in [0.25, 0.3) is 0 Å². The molecule has 0 saturated heterocycles. The predicted molar refractivity (Wildman–Crippen MR) is 134 cm³/mol. The summed E-state index contributed by atoms with van der Waals surface area (Å²) in [6, 6.07) is 6.00. The first-order chi connectivity index (χ1) is 16.2. The van der Waals surface area contributed by atoms with E-state index in [0.29, 0.717) is 72.1 Å². The smallest absolute Gasteiger partial charge is 0.175 e. The third-order valence-electron chi connectivity index (χ3n) is 6.02. The zero-order valence-electron chi connectivity index (χ0n) is 20.2. The Balaban J connectivity index is 2.24. The van der Waals surface area contributed by atoms with Crippen molar-refractivity contribution in [3.63, 3.8) is 0 Å². The lowest BCUT2D eigenvalue weighted by Gasteiger charge is -2.43. The average molecular weight is 530 g/mol. The van der Waals surface area contributed by atoms with Crippen molar-refractivity contribution < 1.29 is 19.0 Å². The van der Waals surface area contributed by atoms with Gasteiger partial charge in [0.2, 0.25) is 0 Å². The van der Waals surface area contributed by atoms with Gasteiger partial charge in [0.05, 0.1) is 35.2 Å². The Morgan fingerprint density at radius 3 is 2.71 bits per heavy atom. The van der Waals surface area contributed by atoms with E-state index in [1.54, 1.807) is 13.2 Å². The summed E-state index contributed by atoms with van der Waals surface area (Å²) < 4.78 is 17.6. The monoisotopic (exact) mass is 529 g/mol. The summed E-state index contributed by atoms with van der Waals surface area (Å²) in [5, 5.41) is 10.2. The molecule has 0 unspecified atom stereocenters. The van der Waals surface area contributed by atoms with Gasteiger partial charge in [-0.15, -0.1) is 0 Å².